The van der Waals surface area contributed by atoms with E-state index in [-0.39, 0.29) is 23.7 Å². The first-order valence-electron chi connectivity index (χ1n) is 6.35. The Bertz CT molecular complexity index is 306. The minimum absolute atomic E-state index is 0.0707. The molecule has 4 nitrogen and oxygen atoms in total. The van der Waals surface area contributed by atoms with E-state index in [1.165, 1.54) is 0 Å². The molecule has 2 amide bonds. The first-order valence-corrected chi connectivity index (χ1v) is 6.35. The van der Waals surface area contributed by atoms with Crippen molar-refractivity contribution in [3.63, 3.8) is 0 Å². The van der Waals surface area contributed by atoms with Crippen LogP contribution in [0.1, 0.15) is 19.3 Å². The predicted molar refractivity (Wildman–Crippen MR) is 65.2 cm³/mol. The van der Waals surface area contributed by atoms with Crippen LogP contribution in [0.2, 0.25) is 0 Å². The zero-order valence-corrected chi connectivity index (χ0v) is 11.1. The Kier molecular flexibility index (Phi) is 3.15. The minimum Gasteiger partial charge on any atom is -0.349 e. The molecule has 0 aromatic heterocycles. The van der Waals surface area contributed by atoms with Crippen LogP contribution in [-0.4, -0.2) is 49.8 Å². The average molecular weight is 238 g/mol. The fourth-order valence-electron chi connectivity index (χ4n) is 3.60. The Hall–Kier alpha value is -1.06. The van der Waals surface area contributed by atoms with Gasteiger partial charge in [-0.05, 0) is 31.1 Å². The first kappa shape index (κ1) is 12.4. The number of nitrogens with zero attached hydrogens (tertiary/aromatic N) is 2. The Labute approximate surface area is 103 Å². The van der Waals surface area contributed by atoms with Crippen LogP contribution in [0.15, 0.2) is 0 Å². The standard InChI is InChI=1S/C13H22N2O2/c1-14(2)12(16)10-8-5-6-9(7-8)11(10)13(17)15(3)4/h8-11H,5-7H2,1-4H3/t8-,9-,10-,11-/m0/s1. The van der Waals surface area contributed by atoms with Crippen LogP contribution in [0.5, 0.6) is 0 Å². The molecule has 0 radical (unpaired) electrons. The molecule has 0 saturated heterocycles. The van der Waals surface area contributed by atoms with Crippen molar-refractivity contribution in [1.82, 2.24) is 9.80 Å². The van der Waals surface area contributed by atoms with Crippen molar-refractivity contribution in [3.05, 3.63) is 0 Å². The van der Waals surface area contributed by atoms with E-state index in [0.717, 1.165) is 19.3 Å². The molecule has 0 unspecified atom stereocenters. The van der Waals surface area contributed by atoms with Gasteiger partial charge in [0.1, 0.15) is 0 Å². The number of carbonyl (C=O) groups is 2. The van der Waals surface area contributed by atoms with Crippen molar-refractivity contribution in [2.45, 2.75) is 19.3 Å². The van der Waals surface area contributed by atoms with Gasteiger partial charge >= 0.3 is 0 Å². The Morgan fingerprint density at radius 1 is 0.824 bits per heavy atom. The minimum atomic E-state index is -0.0707. The van der Waals surface area contributed by atoms with Crippen LogP contribution in [0, 0.1) is 23.7 Å². The predicted octanol–water partition coefficient (Wildman–Crippen LogP) is 0.825. The van der Waals surface area contributed by atoms with Crippen molar-refractivity contribution in [2.75, 3.05) is 28.2 Å². The maximum Gasteiger partial charge on any atom is 0.226 e. The van der Waals surface area contributed by atoms with E-state index in [4.69, 9.17) is 0 Å². The summed E-state index contributed by atoms with van der Waals surface area (Å²) < 4.78 is 0. The second-order valence-corrected chi connectivity index (χ2v) is 5.85. The van der Waals surface area contributed by atoms with Gasteiger partial charge in [-0.25, -0.2) is 0 Å². The smallest absolute Gasteiger partial charge is 0.226 e. The van der Waals surface area contributed by atoms with Crippen LogP contribution < -0.4 is 0 Å². The van der Waals surface area contributed by atoms with Crippen LogP contribution >= 0.6 is 0 Å². The third-order valence-electron chi connectivity index (χ3n) is 4.37. The second-order valence-electron chi connectivity index (χ2n) is 5.85. The van der Waals surface area contributed by atoms with E-state index in [1.54, 1.807) is 38.0 Å². The molecule has 0 heterocycles. The molecular formula is C13H22N2O2. The summed E-state index contributed by atoms with van der Waals surface area (Å²) in [6.45, 7) is 0. The fourth-order valence-corrected chi connectivity index (χ4v) is 3.60. The molecule has 2 rings (SSSR count). The van der Waals surface area contributed by atoms with Gasteiger partial charge in [0.2, 0.25) is 11.8 Å². The summed E-state index contributed by atoms with van der Waals surface area (Å²) in [6.07, 6.45) is 3.30. The molecule has 0 aliphatic heterocycles. The average Bonchev–Trinajstić information content (AvgIpc) is 2.85. The van der Waals surface area contributed by atoms with Gasteiger partial charge in [0.25, 0.3) is 0 Å². The lowest BCUT2D eigenvalue weighted by Gasteiger charge is -2.32. The molecule has 0 aromatic rings. The molecular weight excluding hydrogens is 216 g/mol. The lowest BCUT2D eigenvalue weighted by atomic mass is 9.77. The van der Waals surface area contributed by atoms with Gasteiger partial charge in [-0.1, -0.05) is 0 Å². The molecule has 4 heteroatoms. The maximum absolute atomic E-state index is 12.2. The Balaban J connectivity index is 2.23. The fraction of sp³-hybridized carbons (Fsp3) is 0.846. The van der Waals surface area contributed by atoms with Crippen molar-refractivity contribution < 1.29 is 9.59 Å². The normalized spacial score (nSPS) is 34.8. The first-order chi connectivity index (χ1) is 7.93. The van der Waals surface area contributed by atoms with Gasteiger partial charge in [0.05, 0.1) is 11.8 Å². The molecule has 2 aliphatic rings. The van der Waals surface area contributed by atoms with E-state index in [9.17, 15) is 9.59 Å². The molecule has 96 valence electrons. The van der Waals surface area contributed by atoms with Gasteiger partial charge in [-0.3, -0.25) is 9.59 Å². The number of hydrogen-bond acceptors (Lipinski definition) is 2. The van der Waals surface area contributed by atoms with Crippen LogP contribution in [-0.2, 0) is 9.59 Å². The van der Waals surface area contributed by atoms with Crippen molar-refractivity contribution in [3.8, 4) is 0 Å². The van der Waals surface area contributed by atoms with E-state index in [1.807, 2.05) is 0 Å². The largest absolute Gasteiger partial charge is 0.349 e. The topological polar surface area (TPSA) is 40.6 Å². The Morgan fingerprint density at radius 2 is 1.18 bits per heavy atom. The van der Waals surface area contributed by atoms with E-state index in [0.29, 0.717) is 11.8 Å². The summed E-state index contributed by atoms with van der Waals surface area (Å²) in [5.74, 6) is 1.000. The third-order valence-corrected chi connectivity index (χ3v) is 4.37. The zero-order chi connectivity index (χ0) is 12.7. The maximum atomic E-state index is 12.2. The van der Waals surface area contributed by atoms with E-state index < -0.39 is 0 Å². The number of hydrogen-bond donors (Lipinski definition) is 0. The van der Waals surface area contributed by atoms with Crippen LogP contribution in [0.25, 0.3) is 0 Å². The lowest BCUT2D eigenvalue weighted by Crippen LogP contribution is -2.44. The van der Waals surface area contributed by atoms with Gasteiger partial charge in [-0.15, -0.1) is 0 Å². The highest BCUT2D eigenvalue weighted by Crippen LogP contribution is 2.53. The number of carbonyl (C=O) groups excluding carboxylic acids is 2. The number of rotatable bonds is 2. The van der Waals surface area contributed by atoms with Gasteiger partial charge in [0.15, 0.2) is 0 Å². The molecule has 2 bridgehead atoms. The molecule has 4 atom stereocenters. The molecule has 0 N–H and O–H groups in total. The molecule has 2 aliphatic carbocycles. The Morgan fingerprint density at radius 3 is 1.47 bits per heavy atom. The third kappa shape index (κ3) is 1.94. The highest BCUT2D eigenvalue weighted by Gasteiger charge is 2.54. The summed E-state index contributed by atoms with van der Waals surface area (Å²) in [5, 5.41) is 0. The van der Waals surface area contributed by atoms with Crippen molar-refractivity contribution >= 4 is 11.8 Å². The van der Waals surface area contributed by atoms with Gasteiger partial charge < -0.3 is 9.80 Å². The second kappa shape index (κ2) is 4.31. The van der Waals surface area contributed by atoms with Crippen LogP contribution in [0.3, 0.4) is 0 Å². The highest BCUT2D eigenvalue weighted by atomic mass is 16.2. The van der Waals surface area contributed by atoms with Gasteiger partial charge in [-0.2, -0.15) is 0 Å². The SMILES string of the molecule is CN(C)C(=O)[C@H]1[C@H]2CC[C@@H](C2)[C@@H]1C(=O)N(C)C. The van der Waals surface area contributed by atoms with Crippen molar-refractivity contribution in [1.29, 1.82) is 0 Å². The molecule has 0 aromatic carbocycles. The summed E-state index contributed by atoms with van der Waals surface area (Å²) >= 11 is 0. The monoisotopic (exact) mass is 238 g/mol. The summed E-state index contributed by atoms with van der Waals surface area (Å²) in [4.78, 5) is 27.7. The van der Waals surface area contributed by atoms with Gasteiger partial charge in [0, 0.05) is 28.2 Å². The highest BCUT2D eigenvalue weighted by molar-refractivity contribution is 5.88. The molecule has 2 fully saturated rings. The van der Waals surface area contributed by atoms with E-state index in [2.05, 4.69) is 0 Å². The number of amides is 2. The quantitative estimate of drug-likeness (QED) is 0.715. The number of fused-ring (bicyclic) bond motifs is 2. The molecule has 2 saturated carbocycles. The summed E-state index contributed by atoms with van der Waals surface area (Å²) in [7, 11) is 7.13. The van der Waals surface area contributed by atoms with Crippen molar-refractivity contribution in [2.24, 2.45) is 23.7 Å². The summed E-state index contributed by atoms with van der Waals surface area (Å²) in [5.41, 5.74) is 0. The van der Waals surface area contributed by atoms with E-state index >= 15 is 0 Å². The molecule has 17 heavy (non-hydrogen) atoms. The summed E-state index contributed by atoms with van der Waals surface area (Å²) in [6, 6.07) is 0. The lowest BCUT2D eigenvalue weighted by molar-refractivity contribution is -0.146. The van der Waals surface area contributed by atoms with Crippen LogP contribution in [0.4, 0.5) is 0 Å². The molecule has 0 spiro atoms. The zero-order valence-electron chi connectivity index (χ0n) is 11.1.